The molecule has 0 radical (unpaired) electrons. The van der Waals surface area contributed by atoms with Gasteiger partial charge in [0.15, 0.2) is 0 Å². The Labute approximate surface area is 215 Å². The number of amidine groups is 1. The summed E-state index contributed by atoms with van der Waals surface area (Å²) in [5, 5.41) is 11.3. The summed E-state index contributed by atoms with van der Waals surface area (Å²) in [7, 11) is 0. The summed E-state index contributed by atoms with van der Waals surface area (Å²) in [5.74, 6) is 0.0727. The largest absolute Gasteiger partial charge is 0.444 e. The maximum Gasteiger partial charge on any atom is 0.407 e. The number of nitrogens with zero attached hydrogens (tertiary/aromatic N) is 3. The fraction of sp³-hybridized carbons (Fsp3) is 0.423. The van der Waals surface area contributed by atoms with Crippen LogP contribution in [0.25, 0.3) is 5.52 Å². The van der Waals surface area contributed by atoms with Crippen LogP contribution in [0.1, 0.15) is 51.2 Å². The van der Waals surface area contributed by atoms with Crippen molar-refractivity contribution in [3.63, 3.8) is 0 Å². The van der Waals surface area contributed by atoms with E-state index in [1.54, 1.807) is 10.7 Å². The number of aromatic nitrogens is 2. The number of benzene rings is 1. The first-order valence-electron chi connectivity index (χ1n) is 12.0. The van der Waals surface area contributed by atoms with Crippen molar-refractivity contribution < 1.29 is 13.9 Å². The van der Waals surface area contributed by atoms with E-state index >= 15 is 0 Å². The molecule has 1 aliphatic rings. The van der Waals surface area contributed by atoms with E-state index in [9.17, 15) is 9.18 Å². The SMILES string of the molecule is Cc1cc2c(NCC3CC[C@H](NC(=O)OC(C)(C)C)C3)c(C(N)=Nc3cc(F)ccc3Cl)cnn2c1. The standard InChI is InChI=1S/C26H32ClFN6O2/c1-15-9-22-23(30-12-16-5-7-18(10-16)32-25(35)36-26(2,3)4)19(13-31-34(22)14-15)24(29)33-21-11-17(28)6-8-20(21)27/h6,8-9,11,13-14,16,18,30H,5,7,10,12H2,1-4H3,(H2,29,33)(H,32,35)/t16?,18-/m0/s1. The molecule has 1 amide bonds. The number of rotatable bonds is 6. The smallest absolute Gasteiger partial charge is 0.407 e. The number of aliphatic imine (C=N–C) groups is 1. The summed E-state index contributed by atoms with van der Waals surface area (Å²) in [5.41, 5.74) is 9.39. The zero-order valence-corrected chi connectivity index (χ0v) is 21.7. The molecule has 1 aromatic carbocycles. The summed E-state index contributed by atoms with van der Waals surface area (Å²) < 4.78 is 20.9. The minimum atomic E-state index is -0.528. The highest BCUT2D eigenvalue weighted by Crippen LogP contribution is 2.30. The van der Waals surface area contributed by atoms with Crippen LogP contribution in [0, 0.1) is 18.7 Å². The van der Waals surface area contributed by atoms with Gasteiger partial charge in [0, 0.05) is 24.8 Å². The summed E-state index contributed by atoms with van der Waals surface area (Å²) in [6.45, 7) is 8.22. The number of anilines is 1. The number of nitrogens with one attached hydrogen (secondary N) is 2. The van der Waals surface area contributed by atoms with Gasteiger partial charge >= 0.3 is 6.09 Å². The number of carbonyl (C=O) groups excluding carboxylic acids is 1. The van der Waals surface area contributed by atoms with E-state index in [2.05, 4.69) is 20.7 Å². The average molecular weight is 515 g/mol. The number of hydrogen-bond donors (Lipinski definition) is 3. The Hall–Kier alpha value is -3.33. The maximum absolute atomic E-state index is 13.7. The predicted molar refractivity (Wildman–Crippen MR) is 141 cm³/mol. The van der Waals surface area contributed by atoms with E-state index in [4.69, 9.17) is 22.1 Å². The second kappa shape index (κ2) is 10.3. The lowest BCUT2D eigenvalue weighted by molar-refractivity contribution is 0.0504. The fourth-order valence-corrected chi connectivity index (χ4v) is 4.60. The van der Waals surface area contributed by atoms with E-state index < -0.39 is 11.4 Å². The van der Waals surface area contributed by atoms with Gasteiger partial charge in [-0.15, -0.1) is 0 Å². The van der Waals surface area contributed by atoms with Gasteiger partial charge in [-0.05, 0) is 76.6 Å². The molecular formula is C26H32ClFN6O2. The highest BCUT2D eigenvalue weighted by molar-refractivity contribution is 6.33. The number of fused-ring (bicyclic) bond motifs is 1. The van der Waals surface area contributed by atoms with Crippen LogP contribution in [-0.2, 0) is 4.74 Å². The second-order valence-electron chi connectivity index (χ2n) is 10.3. The molecule has 0 saturated heterocycles. The van der Waals surface area contributed by atoms with Gasteiger partial charge in [-0.2, -0.15) is 5.10 Å². The van der Waals surface area contributed by atoms with Gasteiger partial charge in [-0.25, -0.2) is 18.7 Å². The van der Waals surface area contributed by atoms with Crippen molar-refractivity contribution in [1.82, 2.24) is 14.9 Å². The third-order valence-corrected chi connectivity index (χ3v) is 6.35. The number of amides is 1. The zero-order valence-electron chi connectivity index (χ0n) is 20.9. The normalized spacial score (nSPS) is 18.4. The van der Waals surface area contributed by atoms with Crippen LogP contribution in [0.3, 0.4) is 0 Å². The second-order valence-corrected chi connectivity index (χ2v) is 10.7. The predicted octanol–water partition coefficient (Wildman–Crippen LogP) is 5.58. The Morgan fingerprint density at radius 2 is 2.11 bits per heavy atom. The number of halogens is 2. The van der Waals surface area contributed by atoms with Crippen molar-refractivity contribution in [2.75, 3.05) is 11.9 Å². The van der Waals surface area contributed by atoms with Crippen molar-refractivity contribution in [1.29, 1.82) is 0 Å². The first-order chi connectivity index (χ1) is 17.0. The molecular weight excluding hydrogens is 483 g/mol. The number of carbonyl (C=O) groups is 1. The monoisotopic (exact) mass is 514 g/mol. The molecule has 0 aliphatic heterocycles. The Morgan fingerprint density at radius 3 is 2.86 bits per heavy atom. The highest BCUT2D eigenvalue weighted by atomic mass is 35.5. The molecule has 0 bridgehead atoms. The van der Waals surface area contributed by atoms with Crippen molar-refractivity contribution in [2.45, 2.75) is 58.6 Å². The first-order valence-corrected chi connectivity index (χ1v) is 12.4. The van der Waals surface area contributed by atoms with Crippen LogP contribution in [0.15, 0.2) is 41.7 Å². The summed E-state index contributed by atoms with van der Waals surface area (Å²) in [6.07, 6.45) is 5.87. The van der Waals surface area contributed by atoms with Crippen LogP contribution in [0.2, 0.25) is 5.02 Å². The molecule has 4 rings (SSSR count). The van der Waals surface area contributed by atoms with Gasteiger partial charge in [0.2, 0.25) is 0 Å². The molecule has 2 aromatic heterocycles. The van der Waals surface area contributed by atoms with Gasteiger partial charge in [0.1, 0.15) is 17.3 Å². The van der Waals surface area contributed by atoms with Gasteiger partial charge in [-0.1, -0.05) is 11.6 Å². The number of hydrogen-bond acceptors (Lipinski definition) is 5. The van der Waals surface area contributed by atoms with E-state index in [1.165, 1.54) is 18.2 Å². The molecule has 2 heterocycles. The van der Waals surface area contributed by atoms with Crippen molar-refractivity contribution in [2.24, 2.45) is 16.6 Å². The molecule has 10 heteroatoms. The molecule has 4 N–H and O–H groups in total. The number of alkyl carbamates (subject to hydrolysis) is 1. The lowest BCUT2D eigenvalue weighted by Crippen LogP contribution is -2.38. The Morgan fingerprint density at radius 1 is 1.33 bits per heavy atom. The molecule has 36 heavy (non-hydrogen) atoms. The Balaban J connectivity index is 1.52. The minimum absolute atomic E-state index is 0.0703. The average Bonchev–Trinajstić information content (AvgIpc) is 3.38. The number of aryl methyl sites for hydroxylation is 1. The van der Waals surface area contributed by atoms with Crippen LogP contribution in [0.5, 0.6) is 0 Å². The van der Waals surface area contributed by atoms with Crippen LogP contribution >= 0.6 is 11.6 Å². The lowest BCUT2D eigenvalue weighted by atomic mass is 10.1. The third kappa shape index (κ3) is 6.26. The van der Waals surface area contributed by atoms with Gasteiger partial charge < -0.3 is 21.1 Å². The molecule has 0 spiro atoms. The summed E-state index contributed by atoms with van der Waals surface area (Å²) in [4.78, 5) is 16.5. The number of ether oxygens (including phenoxy) is 1. The summed E-state index contributed by atoms with van der Waals surface area (Å²) in [6, 6.07) is 6.05. The van der Waals surface area contributed by atoms with Gasteiger partial charge in [-0.3, -0.25) is 0 Å². The molecule has 2 atom stereocenters. The molecule has 1 aliphatic carbocycles. The molecule has 8 nitrogen and oxygen atoms in total. The van der Waals surface area contributed by atoms with Crippen LogP contribution in [0.4, 0.5) is 20.6 Å². The topological polar surface area (TPSA) is 106 Å². The zero-order chi connectivity index (χ0) is 26.0. The molecule has 192 valence electrons. The highest BCUT2D eigenvalue weighted by Gasteiger charge is 2.28. The Kier molecular flexibility index (Phi) is 7.40. The summed E-state index contributed by atoms with van der Waals surface area (Å²) >= 11 is 6.19. The van der Waals surface area contributed by atoms with E-state index in [1.807, 2.05) is 40.0 Å². The van der Waals surface area contributed by atoms with Crippen molar-refractivity contribution in [3.05, 3.63) is 58.6 Å². The van der Waals surface area contributed by atoms with E-state index in [0.29, 0.717) is 23.0 Å². The molecule has 3 aromatic rings. The molecule has 1 unspecified atom stereocenters. The van der Waals surface area contributed by atoms with E-state index in [-0.39, 0.29) is 23.7 Å². The van der Waals surface area contributed by atoms with Crippen LogP contribution in [-0.4, -0.2) is 39.7 Å². The quantitative estimate of drug-likeness (QED) is 0.294. The van der Waals surface area contributed by atoms with Crippen LogP contribution < -0.4 is 16.4 Å². The molecule has 1 saturated carbocycles. The fourth-order valence-electron chi connectivity index (χ4n) is 4.44. The molecule has 1 fully saturated rings. The van der Waals surface area contributed by atoms with Crippen molar-refractivity contribution >= 4 is 40.4 Å². The maximum atomic E-state index is 13.7. The lowest BCUT2D eigenvalue weighted by Gasteiger charge is -2.22. The number of nitrogens with two attached hydrogens (primary N) is 1. The first kappa shape index (κ1) is 25.8. The minimum Gasteiger partial charge on any atom is -0.444 e. The Bertz CT molecular complexity index is 1300. The van der Waals surface area contributed by atoms with Crippen molar-refractivity contribution in [3.8, 4) is 0 Å². The third-order valence-electron chi connectivity index (χ3n) is 6.03. The van der Waals surface area contributed by atoms with E-state index in [0.717, 1.165) is 36.0 Å². The van der Waals surface area contributed by atoms with Gasteiger partial charge in [0.05, 0.1) is 33.7 Å². The van der Waals surface area contributed by atoms with Gasteiger partial charge in [0.25, 0.3) is 0 Å².